The number of allylic oxidation sites excluding steroid dienone is 1. The second-order valence-corrected chi connectivity index (χ2v) is 3.48. The highest BCUT2D eigenvalue weighted by Crippen LogP contribution is 2.15. The number of amidine groups is 2. The average Bonchev–Trinajstić information content (AvgIpc) is 1.82. The van der Waals surface area contributed by atoms with E-state index >= 15 is 0 Å². The molecule has 4 heteroatoms. The van der Waals surface area contributed by atoms with Gasteiger partial charge in [0.2, 0.25) is 5.12 Å². The van der Waals surface area contributed by atoms with E-state index in [2.05, 4.69) is 15.3 Å². The van der Waals surface area contributed by atoms with Crippen molar-refractivity contribution in [2.24, 2.45) is 9.98 Å². The van der Waals surface area contributed by atoms with E-state index in [1.54, 1.807) is 6.92 Å². The molecule has 0 saturated heterocycles. The first-order valence-electron chi connectivity index (χ1n) is 3.78. The van der Waals surface area contributed by atoms with Crippen LogP contribution in [-0.4, -0.2) is 16.8 Å². The summed E-state index contributed by atoms with van der Waals surface area (Å²) in [5.41, 5.74) is 0. The van der Waals surface area contributed by atoms with Crippen molar-refractivity contribution in [2.45, 2.75) is 25.9 Å². The Balaban J connectivity index is 2.92. The van der Waals surface area contributed by atoms with Gasteiger partial charge in [0.05, 0.1) is 0 Å². The van der Waals surface area contributed by atoms with Crippen LogP contribution in [0.1, 0.15) is 20.8 Å². The Morgan fingerprint density at radius 2 is 2.25 bits per heavy atom. The summed E-state index contributed by atoms with van der Waals surface area (Å²) in [4.78, 5) is 8.30. The van der Waals surface area contributed by atoms with Gasteiger partial charge in [0.1, 0.15) is 5.84 Å². The van der Waals surface area contributed by atoms with E-state index in [1.165, 1.54) is 0 Å². The topological polar surface area (TPSA) is 36.8 Å². The Kier molecular flexibility index (Phi) is 2.52. The van der Waals surface area contributed by atoms with E-state index in [0.717, 1.165) is 5.84 Å². The van der Waals surface area contributed by atoms with Crippen molar-refractivity contribution in [3.63, 3.8) is 0 Å². The van der Waals surface area contributed by atoms with Gasteiger partial charge in [-0.2, -0.15) is 0 Å². The van der Waals surface area contributed by atoms with Crippen LogP contribution in [0, 0.1) is 0 Å². The highest BCUT2D eigenvalue weighted by atomic mass is 35.5. The predicted octanol–water partition coefficient (Wildman–Crippen LogP) is 1.90. The maximum atomic E-state index is 5.98. The maximum absolute atomic E-state index is 5.98. The van der Waals surface area contributed by atoms with E-state index in [1.807, 2.05) is 26.0 Å². The van der Waals surface area contributed by atoms with Crippen LogP contribution in [0.5, 0.6) is 0 Å². The van der Waals surface area contributed by atoms with Crippen LogP contribution in [0.25, 0.3) is 0 Å². The van der Waals surface area contributed by atoms with Crippen molar-refractivity contribution in [3.05, 3.63) is 12.2 Å². The Hall–Kier alpha value is -0.830. The van der Waals surface area contributed by atoms with Gasteiger partial charge < -0.3 is 5.32 Å². The predicted molar refractivity (Wildman–Crippen MR) is 52.8 cm³/mol. The van der Waals surface area contributed by atoms with Crippen molar-refractivity contribution in [3.8, 4) is 0 Å². The first-order chi connectivity index (χ1) is 5.53. The fourth-order valence-electron chi connectivity index (χ4n) is 1.02. The quantitative estimate of drug-likeness (QED) is 0.492. The first-order valence-corrected chi connectivity index (χ1v) is 4.16. The molecule has 1 heterocycles. The molecule has 1 aliphatic rings. The van der Waals surface area contributed by atoms with Crippen LogP contribution in [0.2, 0.25) is 0 Å². The molecule has 3 nitrogen and oxygen atoms in total. The van der Waals surface area contributed by atoms with Gasteiger partial charge in [0.25, 0.3) is 0 Å². The Morgan fingerprint density at radius 1 is 1.58 bits per heavy atom. The summed E-state index contributed by atoms with van der Waals surface area (Å²) in [6, 6.07) is 0. The maximum Gasteiger partial charge on any atom is 0.206 e. The number of alkyl halides is 1. The zero-order valence-corrected chi connectivity index (χ0v) is 8.18. The number of hydrogen-bond donors (Lipinski definition) is 1. The number of rotatable bonds is 1. The minimum Gasteiger partial charge on any atom is -0.337 e. The van der Waals surface area contributed by atoms with Crippen molar-refractivity contribution in [2.75, 3.05) is 0 Å². The lowest BCUT2D eigenvalue weighted by atomic mass is 10.4. The summed E-state index contributed by atoms with van der Waals surface area (Å²) in [7, 11) is 0. The lowest BCUT2D eigenvalue weighted by molar-refractivity contribution is 0.613. The Bertz CT molecular complexity index is 263. The largest absolute Gasteiger partial charge is 0.337 e. The van der Waals surface area contributed by atoms with Crippen LogP contribution < -0.4 is 5.32 Å². The lowest BCUT2D eigenvalue weighted by Gasteiger charge is -2.24. The third-order valence-corrected chi connectivity index (χ3v) is 1.51. The SMILES string of the molecule is C/C=C/C1=NC(C)(Cl)NC(C)=N1. The molecule has 0 aliphatic carbocycles. The van der Waals surface area contributed by atoms with E-state index in [-0.39, 0.29) is 0 Å². The van der Waals surface area contributed by atoms with Crippen LogP contribution >= 0.6 is 11.6 Å². The first kappa shape index (κ1) is 9.26. The van der Waals surface area contributed by atoms with Gasteiger partial charge in [0.15, 0.2) is 5.84 Å². The average molecular weight is 186 g/mol. The highest BCUT2D eigenvalue weighted by molar-refractivity contribution is 6.26. The molecule has 66 valence electrons. The highest BCUT2D eigenvalue weighted by Gasteiger charge is 2.22. The fraction of sp³-hybridized carbons (Fsp3) is 0.500. The van der Waals surface area contributed by atoms with Crippen molar-refractivity contribution >= 4 is 23.3 Å². The summed E-state index contributed by atoms with van der Waals surface area (Å²) >= 11 is 5.98. The van der Waals surface area contributed by atoms with E-state index in [0.29, 0.717) is 5.84 Å². The zero-order chi connectivity index (χ0) is 9.19. The van der Waals surface area contributed by atoms with Gasteiger partial charge in [-0.05, 0) is 26.8 Å². The standard InChI is InChI=1S/C8H12ClN3/c1-4-5-7-10-6(2)11-8(3,9)12-7/h4-5H,1-3H3,(H,10,11,12)/b5-4+. The van der Waals surface area contributed by atoms with E-state index in [9.17, 15) is 0 Å². The summed E-state index contributed by atoms with van der Waals surface area (Å²) in [5, 5.41) is 2.19. The van der Waals surface area contributed by atoms with Gasteiger partial charge in [-0.3, -0.25) is 0 Å². The lowest BCUT2D eigenvalue weighted by Crippen LogP contribution is -2.42. The summed E-state index contributed by atoms with van der Waals surface area (Å²) < 4.78 is 0. The minimum absolute atomic E-state index is 0.659. The number of nitrogens with zero attached hydrogens (tertiary/aromatic N) is 2. The minimum atomic E-state index is -0.749. The third-order valence-electron chi connectivity index (χ3n) is 1.33. The van der Waals surface area contributed by atoms with Crippen molar-refractivity contribution in [1.82, 2.24) is 5.32 Å². The van der Waals surface area contributed by atoms with Crippen LogP contribution in [0.15, 0.2) is 22.1 Å². The number of aliphatic imine (C=N–C) groups is 2. The molecule has 0 aromatic carbocycles. The smallest absolute Gasteiger partial charge is 0.206 e. The zero-order valence-electron chi connectivity index (χ0n) is 7.43. The van der Waals surface area contributed by atoms with Gasteiger partial charge in [0, 0.05) is 0 Å². The monoisotopic (exact) mass is 185 g/mol. The molecule has 1 rings (SSSR count). The second kappa shape index (κ2) is 3.27. The molecule has 0 saturated carbocycles. The number of nitrogens with one attached hydrogen (secondary N) is 1. The Labute approximate surface area is 77.2 Å². The second-order valence-electron chi connectivity index (χ2n) is 2.75. The number of halogens is 1. The molecule has 0 aromatic rings. The van der Waals surface area contributed by atoms with Gasteiger partial charge in [-0.1, -0.05) is 17.7 Å². The molecule has 1 aliphatic heterocycles. The molecule has 0 aromatic heterocycles. The van der Waals surface area contributed by atoms with Gasteiger partial charge in [-0.25, -0.2) is 9.98 Å². The third kappa shape index (κ3) is 2.34. The molecular formula is C8H12ClN3. The number of hydrogen-bond acceptors (Lipinski definition) is 3. The Morgan fingerprint density at radius 3 is 2.75 bits per heavy atom. The van der Waals surface area contributed by atoms with Gasteiger partial charge >= 0.3 is 0 Å². The molecule has 1 unspecified atom stereocenters. The van der Waals surface area contributed by atoms with Crippen molar-refractivity contribution in [1.29, 1.82) is 0 Å². The summed E-state index contributed by atoms with van der Waals surface area (Å²) in [6.45, 7) is 5.57. The molecule has 1 N–H and O–H groups in total. The molecule has 0 bridgehead atoms. The van der Waals surface area contributed by atoms with E-state index < -0.39 is 5.12 Å². The van der Waals surface area contributed by atoms with Crippen LogP contribution in [0.4, 0.5) is 0 Å². The molecule has 0 spiro atoms. The summed E-state index contributed by atoms with van der Waals surface area (Å²) in [6.07, 6.45) is 3.71. The fourth-order valence-corrected chi connectivity index (χ4v) is 1.24. The molecule has 0 amide bonds. The molecule has 1 atom stereocenters. The molecular weight excluding hydrogens is 174 g/mol. The van der Waals surface area contributed by atoms with E-state index in [4.69, 9.17) is 11.6 Å². The molecule has 0 radical (unpaired) electrons. The molecule has 12 heavy (non-hydrogen) atoms. The van der Waals surface area contributed by atoms with Crippen molar-refractivity contribution < 1.29 is 0 Å². The van der Waals surface area contributed by atoms with Crippen LogP contribution in [-0.2, 0) is 0 Å². The normalized spacial score (nSPS) is 29.7. The molecule has 0 fully saturated rings. The summed E-state index contributed by atoms with van der Waals surface area (Å²) in [5.74, 6) is 1.45. The van der Waals surface area contributed by atoms with Gasteiger partial charge in [-0.15, -0.1) is 0 Å². The van der Waals surface area contributed by atoms with Crippen LogP contribution in [0.3, 0.4) is 0 Å².